The van der Waals surface area contributed by atoms with Crippen molar-refractivity contribution in [3.05, 3.63) is 73.8 Å². The van der Waals surface area contributed by atoms with Gasteiger partial charge in [-0.2, -0.15) is 0 Å². The fraction of sp³-hybridized carbons (Fsp3) is 0.263. The number of hydrogen-bond donors (Lipinski definition) is 2. The zero-order valence-corrected chi connectivity index (χ0v) is 16.5. The first-order valence-corrected chi connectivity index (χ1v) is 8.74. The average molecular weight is 416 g/mol. The van der Waals surface area contributed by atoms with E-state index in [0.717, 1.165) is 23.8 Å². The molecule has 11 nitrogen and oxygen atoms in total. The average Bonchev–Trinajstić information content (AvgIpc) is 2.69. The highest BCUT2D eigenvalue weighted by Crippen LogP contribution is 2.24. The minimum atomic E-state index is -0.954. The van der Waals surface area contributed by atoms with Crippen molar-refractivity contribution in [1.29, 1.82) is 0 Å². The van der Waals surface area contributed by atoms with Crippen molar-refractivity contribution in [1.82, 2.24) is 10.9 Å². The Morgan fingerprint density at radius 2 is 1.47 bits per heavy atom. The van der Waals surface area contributed by atoms with Crippen LogP contribution in [0.3, 0.4) is 0 Å². The smallest absolute Gasteiger partial charge is 0.277 e. The molecule has 0 atom stereocenters. The first-order valence-electron chi connectivity index (χ1n) is 8.74. The molecule has 2 amide bonds. The summed E-state index contributed by atoms with van der Waals surface area (Å²) in [7, 11) is 0. The van der Waals surface area contributed by atoms with Crippen molar-refractivity contribution < 1.29 is 24.2 Å². The molecule has 0 aliphatic carbocycles. The lowest BCUT2D eigenvalue weighted by atomic mass is 9.87. The molecule has 0 aliphatic heterocycles. The highest BCUT2D eigenvalue weighted by molar-refractivity contribution is 5.96. The lowest BCUT2D eigenvalue weighted by Gasteiger charge is -2.19. The number of amides is 2. The van der Waals surface area contributed by atoms with Crippen LogP contribution in [-0.2, 0) is 10.2 Å². The number of nitrogens with one attached hydrogen (secondary N) is 2. The number of non-ortho nitro benzene ring substituents is 2. The Morgan fingerprint density at radius 1 is 0.933 bits per heavy atom. The number of nitro benzene ring substituents is 2. The van der Waals surface area contributed by atoms with Gasteiger partial charge < -0.3 is 4.74 Å². The molecular weight excluding hydrogens is 396 g/mol. The van der Waals surface area contributed by atoms with E-state index in [1.54, 1.807) is 12.1 Å². The van der Waals surface area contributed by atoms with Crippen molar-refractivity contribution >= 4 is 23.2 Å². The first-order chi connectivity index (χ1) is 14.0. The van der Waals surface area contributed by atoms with Gasteiger partial charge in [-0.25, -0.2) is 0 Å². The SMILES string of the molecule is CC(C)(C)c1ccc(OCC(=O)NNC(=O)c2cc([N+](=O)[O-])cc([N+](=O)[O-])c2)cc1. The monoisotopic (exact) mass is 416 g/mol. The summed E-state index contributed by atoms with van der Waals surface area (Å²) in [5.41, 5.74) is 3.59. The molecule has 0 saturated heterocycles. The normalized spacial score (nSPS) is 10.8. The van der Waals surface area contributed by atoms with Crippen LogP contribution >= 0.6 is 0 Å². The van der Waals surface area contributed by atoms with Crippen molar-refractivity contribution in [2.24, 2.45) is 0 Å². The molecule has 0 spiro atoms. The van der Waals surface area contributed by atoms with Gasteiger partial charge in [0.2, 0.25) is 0 Å². The van der Waals surface area contributed by atoms with Gasteiger partial charge >= 0.3 is 0 Å². The standard InChI is InChI=1S/C19H20N4O7/c1-19(2,3)13-4-6-16(7-5-13)30-11-17(24)20-21-18(25)12-8-14(22(26)27)10-15(9-12)23(28)29/h4-10H,11H2,1-3H3,(H,20,24)(H,21,25). The number of carbonyl (C=O) groups is 2. The van der Waals surface area contributed by atoms with Crippen LogP contribution < -0.4 is 15.6 Å². The van der Waals surface area contributed by atoms with Crippen LogP contribution in [0, 0.1) is 20.2 Å². The van der Waals surface area contributed by atoms with Crippen LogP contribution in [-0.4, -0.2) is 28.3 Å². The third kappa shape index (κ3) is 5.99. The summed E-state index contributed by atoms with van der Waals surface area (Å²) in [6.45, 7) is 5.79. The van der Waals surface area contributed by atoms with E-state index in [9.17, 15) is 29.8 Å². The van der Waals surface area contributed by atoms with Gasteiger partial charge in [0.25, 0.3) is 23.2 Å². The van der Waals surface area contributed by atoms with Crippen LogP contribution in [0.25, 0.3) is 0 Å². The van der Waals surface area contributed by atoms with E-state index in [4.69, 9.17) is 4.74 Å². The molecule has 158 valence electrons. The van der Waals surface area contributed by atoms with Crippen molar-refractivity contribution in [2.75, 3.05) is 6.61 Å². The Kier molecular flexibility index (Phi) is 6.67. The lowest BCUT2D eigenvalue weighted by Crippen LogP contribution is -2.43. The second kappa shape index (κ2) is 8.99. The third-order valence-electron chi connectivity index (χ3n) is 3.99. The quantitative estimate of drug-likeness (QED) is 0.542. The van der Waals surface area contributed by atoms with Crippen LogP contribution in [0.4, 0.5) is 11.4 Å². The number of carbonyl (C=O) groups excluding carboxylic acids is 2. The van der Waals surface area contributed by atoms with E-state index >= 15 is 0 Å². The number of hydrogen-bond acceptors (Lipinski definition) is 7. The largest absolute Gasteiger partial charge is 0.484 e. The molecule has 0 heterocycles. The fourth-order valence-corrected chi connectivity index (χ4v) is 2.37. The topological polar surface area (TPSA) is 154 Å². The van der Waals surface area contributed by atoms with Crippen LogP contribution in [0.15, 0.2) is 42.5 Å². The number of nitrogens with zero attached hydrogens (tertiary/aromatic N) is 2. The Hall–Kier alpha value is -4.02. The molecule has 2 aromatic carbocycles. The van der Waals surface area contributed by atoms with Crippen molar-refractivity contribution in [3.8, 4) is 5.75 Å². The van der Waals surface area contributed by atoms with Crippen molar-refractivity contribution in [2.45, 2.75) is 26.2 Å². The molecule has 2 N–H and O–H groups in total. The second-order valence-electron chi connectivity index (χ2n) is 7.32. The Bertz CT molecular complexity index is 949. The van der Waals surface area contributed by atoms with Gasteiger partial charge in [-0.05, 0) is 23.1 Å². The van der Waals surface area contributed by atoms with Gasteiger partial charge in [0.15, 0.2) is 6.61 Å². The van der Waals surface area contributed by atoms with E-state index in [1.165, 1.54) is 0 Å². The lowest BCUT2D eigenvalue weighted by molar-refractivity contribution is -0.394. The van der Waals surface area contributed by atoms with Gasteiger partial charge in [-0.1, -0.05) is 32.9 Å². The highest BCUT2D eigenvalue weighted by Gasteiger charge is 2.20. The number of rotatable bonds is 6. The summed E-state index contributed by atoms with van der Waals surface area (Å²) >= 11 is 0. The van der Waals surface area contributed by atoms with E-state index in [0.29, 0.717) is 5.75 Å². The molecule has 0 unspecified atom stereocenters. The summed E-state index contributed by atoms with van der Waals surface area (Å²) in [5, 5.41) is 21.8. The summed E-state index contributed by atoms with van der Waals surface area (Å²) in [5.74, 6) is -1.19. The van der Waals surface area contributed by atoms with E-state index in [-0.39, 0.29) is 11.0 Å². The molecule has 11 heteroatoms. The summed E-state index contributed by atoms with van der Waals surface area (Å²) in [6, 6.07) is 9.65. The zero-order valence-electron chi connectivity index (χ0n) is 16.5. The summed E-state index contributed by atoms with van der Waals surface area (Å²) in [6.07, 6.45) is 0. The maximum Gasteiger partial charge on any atom is 0.277 e. The fourth-order valence-electron chi connectivity index (χ4n) is 2.37. The van der Waals surface area contributed by atoms with Gasteiger partial charge in [0.05, 0.1) is 21.5 Å². The maximum atomic E-state index is 12.1. The molecule has 0 aliphatic rings. The van der Waals surface area contributed by atoms with Crippen LogP contribution in [0.2, 0.25) is 0 Å². The molecule has 2 rings (SSSR count). The number of nitro groups is 2. The number of benzene rings is 2. The third-order valence-corrected chi connectivity index (χ3v) is 3.99. The molecule has 30 heavy (non-hydrogen) atoms. The predicted molar refractivity (Wildman–Crippen MR) is 106 cm³/mol. The Labute approximate surface area is 171 Å². The predicted octanol–water partition coefficient (Wildman–Crippen LogP) is 2.64. The minimum Gasteiger partial charge on any atom is -0.484 e. The molecule has 0 bridgehead atoms. The van der Waals surface area contributed by atoms with E-state index < -0.39 is 39.6 Å². The summed E-state index contributed by atoms with van der Waals surface area (Å²) < 4.78 is 5.33. The molecule has 0 aromatic heterocycles. The Balaban J connectivity index is 1.94. The minimum absolute atomic E-state index is 0.0260. The number of hydrazine groups is 1. The molecule has 0 fully saturated rings. The second-order valence-corrected chi connectivity index (χ2v) is 7.32. The summed E-state index contributed by atoms with van der Waals surface area (Å²) in [4.78, 5) is 44.0. The van der Waals surface area contributed by atoms with Gasteiger partial charge in [-0.15, -0.1) is 0 Å². The van der Waals surface area contributed by atoms with Crippen LogP contribution in [0.1, 0.15) is 36.7 Å². The molecule has 2 aromatic rings. The van der Waals surface area contributed by atoms with Crippen LogP contribution in [0.5, 0.6) is 5.75 Å². The van der Waals surface area contributed by atoms with Gasteiger partial charge in [0, 0.05) is 12.1 Å². The Morgan fingerprint density at radius 3 is 1.93 bits per heavy atom. The zero-order chi connectivity index (χ0) is 22.5. The highest BCUT2D eigenvalue weighted by atomic mass is 16.6. The van der Waals surface area contributed by atoms with E-state index in [2.05, 4.69) is 26.2 Å². The number of ether oxygens (including phenoxy) is 1. The molecular formula is C19H20N4O7. The van der Waals surface area contributed by atoms with Gasteiger partial charge in [-0.3, -0.25) is 40.7 Å². The van der Waals surface area contributed by atoms with Crippen molar-refractivity contribution in [3.63, 3.8) is 0 Å². The first kappa shape index (κ1) is 22.3. The molecule has 0 saturated carbocycles. The molecule has 0 radical (unpaired) electrons. The van der Waals surface area contributed by atoms with Gasteiger partial charge in [0.1, 0.15) is 5.75 Å². The maximum absolute atomic E-state index is 12.1. The van der Waals surface area contributed by atoms with E-state index in [1.807, 2.05) is 17.6 Å².